The highest BCUT2D eigenvalue weighted by Gasteiger charge is 2.06. The Labute approximate surface area is 56.2 Å². The molecule has 0 aromatic heterocycles. The summed E-state index contributed by atoms with van der Waals surface area (Å²) in [6, 6.07) is 0. The molecule has 54 valence electrons. The first-order chi connectivity index (χ1) is 3.92. The Hall–Kier alpha value is -0.360. The average molecular weight is 176 g/mol. The predicted molar refractivity (Wildman–Crippen MR) is 29.3 cm³/mol. The second-order valence-electron chi connectivity index (χ2n) is 1.13. The molecule has 0 heterocycles. The number of carbonyl (C=O) groups is 1. The summed E-state index contributed by atoms with van der Waals surface area (Å²) in [5.74, 6) is -1.07. The molecule has 0 saturated heterocycles. The fourth-order valence-electron chi connectivity index (χ4n) is 0.143. The molecule has 0 spiro atoms. The van der Waals surface area contributed by atoms with E-state index in [1.54, 1.807) is 5.32 Å². The van der Waals surface area contributed by atoms with Gasteiger partial charge >= 0.3 is 15.6 Å². The van der Waals surface area contributed by atoms with E-state index in [0.717, 1.165) is 0 Å². The van der Waals surface area contributed by atoms with Crippen LogP contribution in [0, 0.1) is 0 Å². The van der Waals surface area contributed by atoms with Crippen molar-refractivity contribution in [1.82, 2.24) is 5.32 Å². The van der Waals surface area contributed by atoms with Gasteiger partial charge in [0.15, 0.2) is 5.88 Å². The van der Waals surface area contributed by atoms with Crippen molar-refractivity contribution < 1.29 is 17.1 Å². The minimum absolute atomic E-state index is 1.07. The van der Waals surface area contributed by atoms with E-state index in [0.29, 0.717) is 0 Å². The van der Waals surface area contributed by atoms with Crippen molar-refractivity contribution in [2.24, 2.45) is 0 Å². The van der Waals surface area contributed by atoms with Crippen LogP contribution in [0.4, 0.5) is 8.68 Å². The van der Waals surface area contributed by atoms with Gasteiger partial charge in [-0.25, -0.2) is 0 Å². The quantitative estimate of drug-likeness (QED) is 0.482. The zero-order valence-electron chi connectivity index (χ0n) is 4.10. The van der Waals surface area contributed by atoms with Crippen LogP contribution in [0.1, 0.15) is 0 Å². The summed E-state index contributed by atoms with van der Waals surface area (Å²) in [6.07, 6.45) is 0. The summed E-state index contributed by atoms with van der Waals surface area (Å²) in [6.45, 7) is 0. The van der Waals surface area contributed by atoms with Crippen LogP contribution in [0.3, 0.4) is 0 Å². The fraction of sp³-hybridized carbons (Fsp3) is 0.500. The third-order valence-corrected chi connectivity index (χ3v) is 1.01. The summed E-state index contributed by atoms with van der Waals surface area (Å²) < 4.78 is 30.6. The average Bonchev–Trinajstić information content (AvgIpc) is 1.59. The van der Waals surface area contributed by atoms with Crippen LogP contribution in [-0.2, 0) is 10.2 Å². The van der Waals surface area contributed by atoms with E-state index in [-0.39, 0.29) is 0 Å². The molecule has 0 aliphatic rings. The Morgan fingerprint density at radius 2 is 2.11 bits per heavy atom. The maximum absolute atomic E-state index is 11.4. The molecular formula is C2H3ClFNO3S. The highest BCUT2D eigenvalue weighted by Crippen LogP contribution is 1.87. The van der Waals surface area contributed by atoms with Crippen molar-refractivity contribution >= 4 is 27.2 Å². The Morgan fingerprint density at radius 3 is 2.22 bits per heavy atom. The minimum atomic E-state index is -4.64. The molecule has 7 heteroatoms. The summed E-state index contributed by atoms with van der Waals surface area (Å²) in [7, 11) is -4.64. The predicted octanol–water partition coefficient (Wildman–Crippen LogP) is 0.192. The largest absolute Gasteiger partial charge is 0.326 e. The third kappa shape index (κ3) is 7.64. The number of halogens is 2. The standard InChI is InChI=1S/C2H3ClFNO3S/c3-2(6)5-1-9(4,7)8/h1H2,(H,5,6). The van der Waals surface area contributed by atoms with E-state index in [2.05, 4.69) is 11.6 Å². The first-order valence-electron chi connectivity index (χ1n) is 1.77. The second-order valence-corrected chi connectivity index (χ2v) is 2.84. The smallest absolute Gasteiger partial charge is 0.320 e. The molecule has 0 aliphatic carbocycles. The molecule has 0 aromatic carbocycles. The third-order valence-electron chi connectivity index (χ3n) is 0.384. The molecule has 1 amide bonds. The lowest BCUT2D eigenvalue weighted by Crippen LogP contribution is -2.22. The van der Waals surface area contributed by atoms with Gasteiger partial charge in [0, 0.05) is 0 Å². The fourth-order valence-corrected chi connectivity index (χ4v) is 0.592. The lowest BCUT2D eigenvalue weighted by atomic mass is 11.2. The Balaban J connectivity index is 3.67. The van der Waals surface area contributed by atoms with Crippen LogP contribution < -0.4 is 5.32 Å². The van der Waals surface area contributed by atoms with E-state index in [9.17, 15) is 17.1 Å². The molecule has 0 radical (unpaired) electrons. The van der Waals surface area contributed by atoms with E-state index >= 15 is 0 Å². The molecule has 0 atom stereocenters. The van der Waals surface area contributed by atoms with Crippen molar-refractivity contribution in [2.45, 2.75) is 0 Å². The van der Waals surface area contributed by atoms with Crippen LogP contribution >= 0.6 is 11.6 Å². The van der Waals surface area contributed by atoms with Crippen molar-refractivity contribution in [3.05, 3.63) is 0 Å². The summed E-state index contributed by atoms with van der Waals surface area (Å²) >= 11 is 4.60. The maximum atomic E-state index is 11.4. The molecule has 0 saturated carbocycles. The highest BCUT2D eigenvalue weighted by atomic mass is 35.5. The molecule has 0 fully saturated rings. The molecular weight excluding hydrogens is 173 g/mol. The van der Waals surface area contributed by atoms with Crippen molar-refractivity contribution in [1.29, 1.82) is 0 Å². The number of hydrogen-bond donors (Lipinski definition) is 1. The SMILES string of the molecule is O=C(Cl)NCS(=O)(=O)F. The number of rotatable bonds is 2. The molecule has 0 unspecified atom stereocenters. The Morgan fingerprint density at radius 1 is 1.67 bits per heavy atom. The van der Waals surface area contributed by atoms with Crippen LogP contribution in [0.25, 0.3) is 0 Å². The maximum Gasteiger partial charge on any atom is 0.320 e. The Kier molecular flexibility index (Phi) is 2.86. The van der Waals surface area contributed by atoms with Gasteiger partial charge in [0.05, 0.1) is 0 Å². The topological polar surface area (TPSA) is 63.2 Å². The highest BCUT2D eigenvalue weighted by molar-refractivity contribution is 7.86. The van der Waals surface area contributed by atoms with Crippen LogP contribution in [-0.4, -0.2) is 19.7 Å². The molecule has 1 N–H and O–H groups in total. The van der Waals surface area contributed by atoms with Gasteiger partial charge in [0.1, 0.15) is 0 Å². The van der Waals surface area contributed by atoms with E-state index in [1.807, 2.05) is 0 Å². The van der Waals surface area contributed by atoms with Crippen LogP contribution in [0.2, 0.25) is 0 Å². The normalized spacial score (nSPS) is 10.9. The molecule has 0 aromatic rings. The molecule has 4 nitrogen and oxygen atoms in total. The van der Waals surface area contributed by atoms with Crippen molar-refractivity contribution in [2.75, 3.05) is 5.88 Å². The van der Waals surface area contributed by atoms with Gasteiger partial charge < -0.3 is 5.32 Å². The van der Waals surface area contributed by atoms with E-state index in [4.69, 9.17) is 0 Å². The molecule has 0 aliphatic heterocycles. The summed E-state index contributed by atoms with van der Waals surface area (Å²) in [5.41, 5.74) is 0. The lowest BCUT2D eigenvalue weighted by Gasteiger charge is -1.91. The van der Waals surface area contributed by atoms with Gasteiger partial charge in [-0.2, -0.15) is 8.42 Å². The monoisotopic (exact) mass is 175 g/mol. The van der Waals surface area contributed by atoms with Crippen molar-refractivity contribution in [3.63, 3.8) is 0 Å². The zero-order chi connectivity index (χ0) is 7.49. The first kappa shape index (κ1) is 8.64. The van der Waals surface area contributed by atoms with Gasteiger partial charge in [-0.15, -0.1) is 3.89 Å². The van der Waals surface area contributed by atoms with Crippen LogP contribution in [0.5, 0.6) is 0 Å². The van der Waals surface area contributed by atoms with Gasteiger partial charge in [-0.3, -0.25) is 4.79 Å². The minimum Gasteiger partial charge on any atom is -0.326 e. The molecule has 0 bridgehead atoms. The number of nitrogens with one attached hydrogen (secondary N) is 1. The second kappa shape index (κ2) is 2.98. The number of hydrogen-bond acceptors (Lipinski definition) is 3. The first-order valence-corrected chi connectivity index (χ1v) is 3.70. The van der Waals surface area contributed by atoms with Gasteiger partial charge in [-0.05, 0) is 11.6 Å². The molecule has 0 rings (SSSR count). The lowest BCUT2D eigenvalue weighted by molar-refractivity contribution is 0.260. The van der Waals surface area contributed by atoms with Crippen LogP contribution in [0.15, 0.2) is 0 Å². The van der Waals surface area contributed by atoms with E-state index < -0.39 is 21.5 Å². The number of amides is 1. The van der Waals surface area contributed by atoms with Gasteiger partial charge in [0.2, 0.25) is 0 Å². The number of carbonyl (C=O) groups excluding carboxylic acids is 1. The van der Waals surface area contributed by atoms with Gasteiger partial charge in [0.25, 0.3) is 0 Å². The summed E-state index contributed by atoms with van der Waals surface area (Å²) in [5, 5.41) is 0.448. The molecule has 9 heavy (non-hydrogen) atoms. The Bertz CT molecular complexity index is 200. The van der Waals surface area contributed by atoms with Crippen molar-refractivity contribution in [3.8, 4) is 0 Å². The zero-order valence-corrected chi connectivity index (χ0v) is 5.67. The van der Waals surface area contributed by atoms with Gasteiger partial charge in [-0.1, -0.05) is 0 Å². The summed E-state index contributed by atoms with van der Waals surface area (Å²) in [4.78, 5) is 9.71. The van der Waals surface area contributed by atoms with E-state index in [1.165, 1.54) is 0 Å².